The first-order valence-electron chi connectivity index (χ1n) is 7.26. The number of nitrogens with zero attached hydrogens (tertiary/aromatic N) is 3. The van der Waals surface area contributed by atoms with Crippen molar-refractivity contribution in [1.29, 1.82) is 0 Å². The van der Waals surface area contributed by atoms with Crippen LogP contribution in [-0.4, -0.2) is 47.0 Å². The van der Waals surface area contributed by atoms with Gasteiger partial charge in [-0.15, -0.1) is 0 Å². The summed E-state index contributed by atoms with van der Waals surface area (Å²) in [6, 6.07) is 4.87. The summed E-state index contributed by atoms with van der Waals surface area (Å²) in [6.45, 7) is 2.17. The first-order chi connectivity index (χ1) is 11.4. The quantitative estimate of drug-likeness (QED) is 0.657. The zero-order chi connectivity index (χ0) is 17.3. The highest BCUT2D eigenvalue weighted by atomic mass is 32.2. The highest BCUT2D eigenvalue weighted by Crippen LogP contribution is 2.29. The maximum Gasteiger partial charge on any atom is 0.269 e. The van der Waals surface area contributed by atoms with Gasteiger partial charge in [0.05, 0.1) is 28.2 Å². The lowest BCUT2D eigenvalue weighted by Gasteiger charge is -2.35. The normalized spacial score (nSPS) is 22.4. The number of sulfonamides is 1. The third kappa shape index (κ3) is 3.16. The van der Waals surface area contributed by atoms with Crippen molar-refractivity contribution in [3.8, 4) is 0 Å². The molecule has 0 saturated carbocycles. The van der Waals surface area contributed by atoms with Gasteiger partial charge in [-0.2, -0.15) is 9.40 Å². The van der Waals surface area contributed by atoms with Crippen molar-refractivity contribution >= 4 is 15.7 Å². The van der Waals surface area contributed by atoms with Gasteiger partial charge in [0.1, 0.15) is 0 Å². The third-order valence-corrected chi connectivity index (χ3v) is 5.65. The molecule has 0 aliphatic carbocycles. The van der Waals surface area contributed by atoms with Crippen molar-refractivity contribution in [2.75, 3.05) is 13.1 Å². The predicted octanol–water partition coefficient (Wildman–Crippen LogP) is 1.47. The molecule has 1 aliphatic rings. The zero-order valence-electron chi connectivity index (χ0n) is 12.8. The van der Waals surface area contributed by atoms with Gasteiger partial charge in [0, 0.05) is 37.0 Å². The zero-order valence-corrected chi connectivity index (χ0v) is 13.6. The minimum Gasteiger partial charge on any atom is -0.368 e. The minimum atomic E-state index is -3.76. The summed E-state index contributed by atoms with van der Waals surface area (Å²) in [5.74, 6) is 0. The van der Waals surface area contributed by atoms with Crippen molar-refractivity contribution in [1.82, 2.24) is 14.5 Å². The van der Waals surface area contributed by atoms with E-state index < -0.39 is 21.1 Å². The lowest BCUT2D eigenvalue weighted by molar-refractivity contribution is -0.384. The van der Waals surface area contributed by atoms with E-state index in [1.54, 1.807) is 19.3 Å². The van der Waals surface area contributed by atoms with E-state index in [9.17, 15) is 18.5 Å². The van der Waals surface area contributed by atoms with E-state index in [4.69, 9.17) is 4.74 Å². The summed E-state index contributed by atoms with van der Waals surface area (Å²) in [5.41, 5.74) is 0.617. The summed E-state index contributed by atoms with van der Waals surface area (Å²) in [4.78, 5) is 10.2. The Bertz CT molecular complexity index is 819. The molecular formula is C14H16N4O5S. The van der Waals surface area contributed by atoms with Gasteiger partial charge in [-0.05, 0) is 19.1 Å². The Morgan fingerprint density at radius 3 is 2.62 bits per heavy atom. The second kappa shape index (κ2) is 6.30. The number of non-ortho nitro benzene ring substituents is 1. The van der Waals surface area contributed by atoms with Crippen molar-refractivity contribution in [3.05, 3.63) is 52.3 Å². The Morgan fingerprint density at radius 2 is 2.04 bits per heavy atom. The second-order valence-electron chi connectivity index (χ2n) is 5.54. The Hall–Kier alpha value is -2.30. The summed E-state index contributed by atoms with van der Waals surface area (Å²) in [6.07, 6.45) is 2.56. The Balaban J connectivity index is 1.86. The molecule has 1 aromatic carbocycles. The minimum absolute atomic E-state index is 0.0214. The van der Waals surface area contributed by atoms with Crippen LogP contribution >= 0.6 is 0 Å². The molecule has 0 spiro atoms. The number of H-pyrrole nitrogens is 1. The Labute approximate surface area is 138 Å². The van der Waals surface area contributed by atoms with Crippen LogP contribution in [0.4, 0.5) is 5.69 Å². The van der Waals surface area contributed by atoms with Crippen LogP contribution in [0.5, 0.6) is 0 Å². The molecule has 0 amide bonds. The van der Waals surface area contributed by atoms with E-state index in [1.807, 2.05) is 0 Å². The van der Waals surface area contributed by atoms with Crippen LogP contribution in [0.15, 0.2) is 41.6 Å². The molecule has 2 atom stereocenters. The maximum absolute atomic E-state index is 12.8. The number of nitro benzene ring substituents is 1. The number of rotatable bonds is 4. The van der Waals surface area contributed by atoms with Gasteiger partial charge in [0.25, 0.3) is 5.69 Å². The van der Waals surface area contributed by atoms with E-state index in [0.29, 0.717) is 0 Å². The monoisotopic (exact) mass is 352 g/mol. The molecule has 1 saturated heterocycles. The van der Waals surface area contributed by atoms with Crippen molar-refractivity contribution in [3.63, 3.8) is 0 Å². The number of ether oxygens (including phenoxy) is 1. The number of aromatic amines is 1. The van der Waals surface area contributed by atoms with E-state index >= 15 is 0 Å². The molecule has 1 aliphatic heterocycles. The van der Waals surface area contributed by atoms with Crippen LogP contribution in [0.2, 0.25) is 0 Å². The molecule has 0 radical (unpaired) electrons. The molecule has 128 valence electrons. The van der Waals surface area contributed by atoms with Crippen molar-refractivity contribution in [2.45, 2.75) is 24.0 Å². The molecule has 2 aromatic rings. The first kappa shape index (κ1) is 16.6. The van der Waals surface area contributed by atoms with Crippen molar-refractivity contribution in [2.24, 2.45) is 0 Å². The highest BCUT2D eigenvalue weighted by Gasteiger charge is 2.35. The molecule has 1 aromatic heterocycles. The lowest BCUT2D eigenvalue weighted by atomic mass is 10.1. The molecule has 0 bridgehead atoms. The first-order valence-corrected chi connectivity index (χ1v) is 8.70. The van der Waals surface area contributed by atoms with Gasteiger partial charge in [0.15, 0.2) is 0 Å². The molecule has 1 fully saturated rings. The summed E-state index contributed by atoms with van der Waals surface area (Å²) in [5, 5.41) is 17.2. The van der Waals surface area contributed by atoms with E-state index in [-0.39, 0.29) is 29.8 Å². The maximum atomic E-state index is 12.8. The van der Waals surface area contributed by atoms with Gasteiger partial charge in [-0.3, -0.25) is 15.2 Å². The molecule has 24 heavy (non-hydrogen) atoms. The summed E-state index contributed by atoms with van der Waals surface area (Å²) >= 11 is 0. The Morgan fingerprint density at radius 1 is 1.33 bits per heavy atom. The van der Waals surface area contributed by atoms with E-state index in [0.717, 1.165) is 5.56 Å². The fourth-order valence-corrected chi connectivity index (χ4v) is 4.13. The van der Waals surface area contributed by atoms with Crippen LogP contribution < -0.4 is 0 Å². The standard InChI is InChI=1S/C14H16N4O5S/c1-10-8-17(9-14(23-10)11-6-15-16-7-11)24(21,22)13-4-2-12(3-5-13)18(19)20/h2-7,10,14H,8-9H2,1H3,(H,15,16). The van der Waals surface area contributed by atoms with E-state index in [1.165, 1.54) is 28.6 Å². The second-order valence-corrected chi connectivity index (χ2v) is 7.48. The lowest BCUT2D eigenvalue weighted by Crippen LogP contribution is -2.45. The van der Waals surface area contributed by atoms with Gasteiger partial charge >= 0.3 is 0 Å². The van der Waals surface area contributed by atoms with E-state index in [2.05, 4.69) is 10.2 Å². The average Bonchev–Trinajstić information content (AvgIpc) is 3.09. The fraction of sp³-hybridized carbons (Fsp3) is 0.357. The van der Waals surface area contributed by atoms with Gasteiger partial charge < -0.3 is 4.74 Å². The molecule has 10 heteroatoms. The number of nitrogens with one attached hydrogen (secondary N) is 1. The SMILES string of the molecule is CC1CN(S(=O)(=O)c2ccc([N+](=O)[O-])cc2)CC(c2cn[nH]c2)O1. The summed E-state index contributed by atoms with van der Waals surface area (Å²) < 4.78 is 32.7. The largest absolute Gasteiger partial charge is 0.368 e. The number of hydrogen-bond acceptors (Lipinski definition) is 6. The Kier molecular flexibility index (Phi) is 4.35. The molecule has 2 heterocycles. The van der Waals surface area contributed by atoms with Crippen molar-refractivity contribution < 1.29 is 18.1 Å². The van der Waals surface area contributed by atoms with Crippen LogP contribution in [0.3, 0.4) is 0 Å². The van der Waals surface area contributed by atoms with Crippen LogP contribution in [-0.2, 0) is 14.8 Å². The summed E-state index contributed by atoms with van der Waals surface area (Å²) in [7, 11) is -3.76. The third-order valence-electron chi connectivity index (χ3n) is 3.80. The van der Waals surface area contributed by atoms with Gasteiger partial charge in [-0.1, -0.05) is 0 Å². The number of benzene rings is 1. The smallest absolute Gasteiger partial charge is 0.269 e. The van der Waals surface area contributed by atoms with Crippen LogP contribution in [0, 0.1) is 10.1 Å². The number of hydrogen-bond donors (Lipinski definition) is 1. The topological polar surface area (TPSA) is 118 Å². The molecule has 9 nitrogen and oxygen atoms in total. The predicted molar refractivity (Wildman–Crippen MR) is 83.7 cm³/mol. The molecule has 3 rings (SSSR count). The van der Waals surface area contributed by atoms with Gasteiger partial charge in [0.2, 0.25) is 10.0 Å². The molecule has 2 unspecified atom stereocenters. The number of morpholine rings is 1. The van der Waals surface area contributed by atoms with Gasteiger partial charge in [-0.25, -0.2) is 8.42 Å². The molecule has 1 N–H and O–H groups in total. The highest BCUT2D eigenvalue weighted by molar-refractivity contribution is 7.89. The number of nitro groups is 1. The van der Waals surface area contributed by atoms with Crippen LogP contribution in [0.25, 0.3) is 0 Å². The van der Waals surface area contributed by atoms with Crippen LogP contribution in [0.1, 0.15) is 18.6 Å². The average molecular weight is 352 g/mol. The number of aromatic nitrogens is 2. The molecular weight excluding hydrogens is 336 g/mol. The fourth-order valence-electron chi connectivity index (χ4n) is 2.62.